The van der Waals surface area contributed by atoms with Crippen LogP contribution in [-0.4, -0.2) is 60.8 Å². The van der Waals surface area contributed by atoms with E-state index in [1.54, 1.807) is 12.1 Å². The summed E-state index contributed by atoms with van der Waals surface area (Å²) in [6.07, 6.45) is 0.705. The predicted octanol–water partition coefficient (Wildman–Crippen LogP) is 1.80. The molecule has 0 spiro atoms. The lowest BCUT2D eigenvalue weighted by molar-refractivity contribution is 0.0938. The summed E-state index contributed by atoms with van der Waals surface area (Å²) in [5.74, 6) is 1.13. The summed E-state index contributed by atoms with van der Waals surface area (Å²) < 4.78 is 5.57. The van der Waals surface area contributed by atoms with E-state index in [0.29, 0.717) is 49.9 Å². The van der Waals surface area contributed by atoms with Crippen LogP contribution >= 0.6 is 0 Å². The Labute approximate surface area is 175 Å². The van der Waals surface area contributed by atoms with Crippen molar-refractivity contribution < 1.29 is 14.3 Å². The van der Waals surface area contributed by atoms with Crippen molar-refractivity contribution >= 4 is 23.4 Å². The van der Waals surface area contributed by atoms with Gasteiger partial charge < -0.3 is 25.6 Å². The molecule has 2 aliphatic rings. The molecule has 1 atom stereocenters. The Morgan fingerprint density at radius 2 is 2.10 bits per heavy atom. The Bertz CT molecular complexity index is 947. The summed E-state index contributed by atoms with van der Waals surface area (Å²) >= 11 is 0. The Hall–Kier alpha value is -3.20. The number of amides is 3. The van der Waals surface area contributed by atoms with E-state index in [-0.39, 0.29) is 18.0 Å². The number of carbonyl (C=O) groups excluding carboxylic acids is 2. The highest BCUT2D eigenvalue weighted by Gasteiger charge is 2.29. The lowest BCUT2D eigenvalue weighted by Crippen LogP contribution is -2.45. The van der Waals surface area contributed by atoms with Crippen LogP contribution in [0.15, 0.2) is 24.3 Å². The molecule has 0 saturated carbocycles. The lowest BCUT2D eigenvalue weighted by Gasteiger charge is -2.36. The van der Waals surface area contributed by atoms with Crippen molar-refractivity contribution in [2.75, 3.05) is 43.1 Å². The summed E-state index contributed by atoms with van der Waals surface area (Å²) in [7, 11) is 0. The van der Waals surface area contributed by atoms with Crippen LogP contribution in [0.5, 0.6) is 0 Å². The number of ether oxygens (including phenoxy) is 1. The molecule has 2 aromatic rings. The Kier molecular flexibility index (Phi) is 5.80. The van der Waals surface area contributed by atoms with Crippen molar-refractivity contribution in [2.45, 2.75) is 26.3 Å². The molecule has 158 valence electrons. The van der Waals surface area contributed by atoms with Gasteiger partial charge in [0.15, 0.2) is 5.82 Å². The van der Waals surface area contributed by atoms with Crippen LogP contribution in [0, 0.1) is 0 Å². The van der Waals surface area contributed by atoms with Crippen LogP contribution in [0.2, 0.25) is 0 Å². The third kappa shape index (κ3) is 4.06. The fourth-order valence-corrected chi connectivity index (χ4v) is 3.72. The Morgan fingerprint density at radius 3 is 2.83 bits per heavy atom. The summed E-state index contributed by atoms with van der Waals surface area (Å²) in [6, 6.07) is 7.19. The zero-order chi connectivity index (χ0) is 21.1. The first-order valence-corrected chi connectivity index (χ1v) is 10.3. The van der Waals surface area contributed by atoms with Crippen molar-refractivity contribution in [2.24, 2.45) is 0 Å². The number of benzene rings is 1. The third-order valence-electron chi connectivity index (χ3n) is 5.24. The smallest absolute Gasteiger partial charge is 0.319 e. The number of urea groups is 1. The van der Waals surface area contributed by atoms with E-state index in [9.17, 15) is 9.59 Å². The molecule has 3 N–H and O–H groups in total. The normalized spacial score (nSPS) is 18.4. The molecule has 0 aliphatic carbocycles. The highest BCUT2D eigenvalue weighted by atomic mass is 16.5. The van der Waals surface area contributed by atoms with Gasteiger partial charge in [-0.2, -0.15) is 0 Å². The van der Waals surface area contributed by atoms with Gasteiger partial charge in [-0.25, -0.2) is 14.8 Å². The first-order valence-electron chi connectivity index (χ1n) is 10.3. The average Bonchev–Trinajstić information content (AvgIpc) is 2.75. The zero-order valence-corrected chi connectivity index (χ0v) is 17.2. The topological polar surface area (TPSA) is 108 Å². The molecule has 0 radical (unpaired) electrons. The van der Waals surface area contributed by atoms with Crippen LogP contribution < -0.4 is 20.9 Å². The molecular weight excluding hydrogens is 384 g/mol. The van der Waals surface area contributed by atoms with Crippen molar-refractivity contribution in [3.63, 3.8) is 0 Å². The number of hydrogen-bond donors (Lipinski definition) is 3. The highest BCUT2D eigenvalue weighted by molar-refractivity contribution is 5.96. The fourth-order valence-electron chi connectivity index (χ4n) is 3.72. The first-order chi connectivity index (χ1) is 14.6. The van der Waals surface area contributed by atoms with Crippen molar-refractivity contribution in [3.05, 3.63) is 35.5 Å². The molecule has 4 rings (SSSR count). The zero-order valence-electron chi connectivity index (χ0n) is 17.2. The van der Waals surface area contributed by atoms with Gasteiger partial charge in [0.05, 0.1) is 19.3 Å². The summed E-state index contributed by atoms with van der Waals surface area (Å²) in [5.41, 5.74) is 2.78. The van der Waals surface area contributed by atoms with Crippen LogP contribution in [0.1, 0.15) is 29.9 Å². The maximum Gasteiger partial charge on any atom is 0.319 e. The maximum atomic E-state index is 12.5. The highest BCUT2D eigenvalue weighted by Crippen LogP contribution is 2.30. The van der Waals surface area contributed by atoms with E-state index >= 15 is 0 Å². The predicted molar refractivity (Wildman–Crippen MR) is 114 cm³/mol. The summed E-state index contributed by atoms with van der Waals surface area (Å²) in [6.45, 7) is 7.07. The largest absolute Gasteiger partial charge is 0.377 e. The molecule has 30 heavy (non-hydrogen) atoms. The lowest BCUT2D eigenvalue weighted by atomic mass is 10.0. The van der Waals surface area contributed by atoms with Gasteiger partial charge in [-0.05, 0) is 44.5 Å². The molecule has 1 saturated heterocycles. The standard InChI is InChI=1S/C21H26N6O3/c1-3-22-21(29)24-15-6-4-14(5-7-15)18-25-17-16(8-9-23-20(17)28)19(26-18)27-10-11-30-12-13(27)2/h4-7,13H,3,8-12H2,1-2H3,(H,23,28)(H2,22,24,29)/t13-/m0/s1. The van der Waals surface area contributed by atoms with Gasteiger partial charge in [-0.3, -0.25) is 4.79 Å². The number of rotatable bonds is 4. The number of aromatic nitrogens is 2. The third-order valence-corrected chi connectivity index (χ3v) is 5.24. The van der Waals surface area contributed by atoms with Crippen LogP contribution in [0.25, 0.3) is 11.4 Å². The minimum Gasteiger partial charge on any atom is -0.377 e. The molecule has 0 bridgehead atoms. The number of nitrogens with one attached hydrogen (secondary N) is 3. The van der Waals surface area contributed by atoms with Gasteiger partial charge in [0.25, 0.3) is 5.91 Å². The number of anilines is 2. The molecule has 2 aliphatic heterocycles. The van der Waals surface area contributed by atoms with Crippen molar-refractivity contribution in [1.29, 1.82) is 0 Å². The quantitative estimate of drug-likeness (QED) is 0.709. The second-order valence-electron chi connectivity index (χ2n) is 7.38. The minimum absolute atomic E-state index is 0.166. The van der Waals surface area contributed by atoms with Gasteiger partial charge in [0.2, 0.25) is 0 Å². The Morgan fingerprint density at radius 1 is 1.30 bits per heavy atom. The van der Waals surface area contributed by atoms with E-state index in [0.717, 1.165) is 23.5 Å². The van der Waals surface area contributed by atoms with Gasteiger partial charge in [0, 0.05) is 36.4 Å². The van der Waals surface area contributed by atoms with Gasteiger partial charge in [-0.1, -0.05) is 0 Å². The number of morpholine rings is 1. The van der Waals surface area contributed by atoms with Crippen molar-refractivity contribution in [3.8, 4) is 11.4 Å². The maximum absolute atomic E-state index is 12.5. The molecule has 3 heterocycles. The number of hydrogen-bond acceptors (Lipinski definition) is 6. The molecule has 1 fully saturated rings. The second-order valence-corrected chi connectivity index (χ2v) is 7.38. The van der Waals surface area contributed by atoms with Gasteiger partial charge >= 0.3 is 6.03 Å². The van der Waals surface area contributed by atoms with E-state index in [4.69, 9.17) is 9.72 Å². The molecular formula is C21H26N6O3. The van der Waals surface area contributed by atoms with Gasteiger partial charge in [0.1, 0.15) is 11.5 Å². The molecule has 9 nitrogen and oxygen atoms in total. The molecule has 3 amide bonds. The summed E-state index contributed by atoms with van der Waals surface area (Å²) in [4.78, 5) is 35.9. The van der Waals surface area contributed by atoms with Crippen LogP contribution in [0.3, 0.4) is 0 Å². The van der Waals surface area contributed by atoms with Crippen LogP contribution in [0.4, 0.5) is 16.3 Å². The number of carbonyl (C=O) groups is 2. The van der Waals surface area contributed by atoms with Crippen LogP contribution in [-0.2, 0) is 11.2 Å². The number of nitrogens with zero attached hydrogens (tertiary/aromatic N) is 3. The van der Waals surface area contributed by atoms with E-state index in [2.05, 4.69) is 32.8 Å². The SMILES string of the molecule is CCNC(=O)Nc1ccc(-c2nc3c(c(N4CCOC[C@@H]4C)n2)CCNC3=O)cc1. The summed E-state index contributed by atoms with van der Waals surface area (Å²) in [5, 5.41) is 8.34. The first kappa shape index (κ1) is 20.1. The van der Waals surface area contributed by atoms with Gasteiger partial charge in [-0.15, -0.1) is 0 Å². The minimum atomic E-state index is -0.254. The molecule has 0 unspecified atom stereocenters. The Balaban J connectivity index is 1.70. The molecule has 1 aromatic carbocycles. The van der Waals surface area contributed by atoms with Crippen molar-refractivity contribution in [1.82, 2.24) is 20.6 Å². The second kappa shape index (κ2) is 8.66. The fraction of sp³-hybridized carbons (Fsp3) is 0.429. The van der Waals surface area contributed by atoms with E-state index in [1.807, 2.05) is 19.1 Å². The van der Waals surface area contributed by atoms with E-state index < -0.39 is 0 Å². The number of fused-ring (bicyclic) bond motifs is 1. The van der Waals surface area contributed by atoms with E-state index in [1.165, 1.54) is 0 Å². The molecule has 1 aromatic heterocycles. The monoisotopic (exact) mass is 410 g/mol. The molecule has 9 heteroatoms. The average molecular weight is 410 g/mol.